The van der Waals surface area contributed by atoms with Crippen molar-refractivity contribution in [3.63, 3.8) is 0 Å². The van der Waals surface area contributed by atoms with Crippen LogP contribution in [0.5, 0.6) is 0 Å². The highest BCUT2D eigenvalue weighted by molar-refractivity contribution is 5.76. The van der Waals surface area contributed by atoms with E-state index in [0.29, 0.717) is 13.2 Å². The topological polar surface area (TPSA) is 47.6 Å². The molecule has 0 aliphatic carbocycles. The maximum absolute atomic E-state index is 12.5. The number of carbonyl (C=O) groups is 1. The van der Waals surface area contributed by atoms with Gasteiger partial charge in [0, 0.05) is 6.54 Å². The molecule has 2 aliphatic rings. The van der Waals surface area contributed by atoms with E-state index in [2.05, 4.69) is 12.2 Å². The van der Waals surface area contributed by atoms with E-state index in [1.807, 2.05) is 25.1 Å². The van der Waals surface area contributed by atoms with Crippen molar-refractivity contribution in [2.45, 2.75) is 57.2 Å². The summed E-state index contributed by atoms with van der Waals surface area (Å²) in [7, 11) is 0. The third-order valence-electron chi connectivity index (χ3n) is 4.79. The summed E-state index contributed by atoms with van der Waals surface area (Å²) in [5, 5.41) is 2.87. The molecule has 3 atom stereocenters. The van der Waals surface area contributed by atoms with Gasteiger partial charge in [-0.2, -0.15) is 13.2 Å². The molecule has 0 saturated carbocycles. The molecule has 1 saturated heterocycles. The van der Waals surface area contributed by atoms with Crippen LogP contribution in [-0.4, -0.2) is 30.5 Å². The molecule has 24 heavy (non-hydrogen) atoms. The number of ether oxygens (including phenoxy) is 2. The van der Waals surface area contributed by atoms with Crippen molar-refractivity contribution >= 4 is 5.97 Å². The fourth-order valence-electron chi connectivity index (χ4n) is 3.64. The number of rotatable bonds is 3. The van der Waals surface area contributed by atoms with Gasteiger partial charge in [0.05, 0.1) is 18.1 Å². The molecule has 0 radical (unpaired) electrons. The van der Waals surface area contributed by atoms with Crippen LogP contribution >= 0.6 is 0 Å². The van der Waals surface area contributed by atoms with Crippen LogP contribution in [0.2, 0.25) is 0 Å². The van der Waals surface area contributed by atoms with Crippen molar-refractivity contribution < 1.29 is 27.4 Å². The Balaban J connectivity index is 1.95. The Bertz CT molecular complexity index is 646. The van der Waals surface area contributed by atoms with Crippen molar-refractivity contribution in [3.8, 4) is 0 Å². The van der Waals surface area contributed by atoms with Crippen LogP contribution < -0.4 is 5.32 Å². The number of fused-ring (bicyclic) bond motifs is 3. The first-order valence-corrected chi connectivity index (χ1v) is 8.02. The van der Waals surface area contributed by atoms with Gasteiger partial charge in [-0.05, 0) is 30.0 Å². The zero-order chi connectivity index (χ0) is 17.5. The highest BCUT2D eigenvalue weighted by Gasteiger charge is 2.54. The third-order valence-corrected chi connectivity index (χ3v) is 4.79. The van der Waals surface area contributed by atoms with Crippen molar-refractivity contribution in [1.29, 1.82) is 0 Å². The van der Waals surface area contributed by atoms with Crippen LogP contribution in [0.15, 0.2) is 18.2 Å². The maximum atomic E-state index is 12.5. The van der Waals surface area contributed by atoms with E-state index < -0.39 is 29.9 Å². The van der Waals surface area contributed by atoms with E-state index in [1.165, 1.54) is 0 Å². The summed E-state index contributed by atoms with van der Waals surface area (Å²) in [5.74, 6) is -2.65. The lowest BCUT2D eigenvalue weighted by molar-refractivity contribution is -0.207. The van der Waals surface area contributed by atoms with Crippen LogP contribution in [0.4, 0.5) is 13.2 Å². The first-order valence-electron chi connectivity index (χ1n) is 8.02. The number of hydrogen-bond acceptors (Lipinski definition) is 4. The van der Waals surface area contributed by atoms with Gasteiger partial charge in [0.2, 0.25) is 0 Å². The summed E-state index contributed by atoms with van der Waals surface area (Å²) < 4.78 is 48.3. The van der Waals surface area contributed by atoms with Crippen molar-refractivity contribution in [2.24, 2.45) is 0 Å². The van der Waals surface area contributed by atoms with Gasteiger partial charge in [-0.3, -0.25) is 5.32 Å². The number of benzene rings is 1. The quantitative estimate of drug-likeness (QED) is 0.857. The van der Waals surface area contributed by atoms with E-state index >= 15 is 0 Å². The number of nitrogens with one attached hydrogen (secondary N) is 1. The van der Waals surface area contributed by atoms with E-state index in [1.54, 1.807) is 0 Å². The minimum absolute atomic E-state index is 0.324. The van der Waals surface area contributed by atoms with Crippen LogP contribution in [-0.2, 0) is 27.3 Å². The summed E-state index contributed by atoms with van der Waals surface area (Å²) in [5.41, 5.74) is 2.33. The molecule has 3 unspecified atom stereocenters. The van der Waals surface area contributed by atoms with Gasteiger partial charge in [0.25, 0.3) is 0 Å². The van der Waals surface area contributed by atoms with E-state index in [-0.39, 0.29) is 0 Å². The molecule has 1 N–H and O–H groups in total. The Labute approximate surface area is 138 Å². The molecule has 2 heterocycles. The molecule has 1 aromatic rings. The number of alkyl halides is 3. The van der Waals surface area contributed by atoms with Gasteiger partial charge in [0.15, 0.2) is 6.23 Å². The monoisotopic (exact) mass is 343 g/mol. The largest absolute Gasteiger partial charge is 0.490 e. The van der Waals surface area contributed by atoms with E-state index in [4.69, 9.17) is 9.47 Å². The fraction of sp³-hybridized carbons (Fsp3) is 0.588. The fourth-order valence-corrected chi connectivity index (χ4v) is 3.64. The van der Waals surface area contributed by atoms with Crippen LogP contribution in [0, 0.1) is 0 Å². The van der Waals surface area contributed by atoms with Gasteiger partial charge in [-0.25, -0.2) is 4.79 Å². The SMILES string of the molecule is CCCc1cccc2c1COC1(C)CNC(OC(=O)C(F)(F)F)C21. The van der Waals surface area contributed by atoms with Crippen molar-refractivity contribution in [3.05, 3.63) is 34.9 Å². The highest BCUT2D eigenvalue weighted by atomic mass is 19.4. The predicted octanol–water partition coefficient (Wildman–Crippen LogP) is 3.05. The molecule has 0 spiro atoms. The number of carbonyl (C=O) groups excluding carboxylic acids is 1. The predicted molar refractivity (Wildman–Crippen MR) is 80.3 cm³/mol. The Hall–Kier alpha value is -1.60. The number of halogens is 3. The first-order chi connectivity index (χ1) is 11.3. The molecule has 1 aromatic carbocycles. The summed E-state index contributed by atoms with van der Waals surface area (Å²) in [6.07, 6.45) is -4.23. The molecule has 0 amide bonds. The average molecular weight is 343 g/mol. The zero-order valence-electron chi connectivity index (χ0n) is 13.6. The molecule has 3 rings (SSSR count). The summed E-state index contributed by atoms with van der Waals surface area (Å²) in [6.45, 7) is 4.64. The number of hydrogen-bond donors (Lipinski definition) is 1. The van der Waals surface area contributed by atoms with Gasteiger partial charge in [-0.15, -0.1) is 0 Å². The molecule has 0 bridgehead atoms. The lowest BCUT2D eigenvalue weighted by Crippen LogP contribution is -2.43. The molecular formula is C17H20F3NO3. The Morgan fingerprint density at radius 2 is 2.21 bits per heavy atom. The third kappa shape index (κ3) is 2.91. The second-order valence-electron chi connectivity index (χ2n) is 6.52. The minimum atomic E-state index is -5.01. The van der Waals surface area contributed by atoms with Crippen LogP contribution in [0.1, 0.15) is 42.9 Å². The summed E-state index contributed by atoms with van der Waals surface area (Å²) in [4.78, 5) is 11.3. The van der Waals surface area contributed by atoms with Crippen molar-refractivity contribution in [1.82, 2.24) is 5.32 Å². The number of esters is 1. The molecule has 132 valence electrons. The summed E-state index contributed by atoms with van der Waals surface area (Å²) in [6, 6.07) is 5.80. The van der Waals surface area contributed by atoms with Gasteiger partial charge < -0.3 is 9.47 Å². The van der Waals surface area contributed by atoms with Gasteiger partial charge >= 0.3 is 12.1 Å². The van der Waals surface area contributed by atoms with E-state index in [9.17, 15) is 18.0 Å². The van der Waals surface area contributed by atoms with Gasteiger partial charge in [0.1, 0.15) is 0 Å². The smallest absolute Gasteiger partial charge is 0.439 e. The molecule has 7 heteroatoms. The second-order valence-corrected chi connectivity index (χ2v) is 6.52. The molecule has 0 aromatic heterocycles. The Kier molecular flexibility index (Phi) is 4.34. The Morgan fingerprint density at radius 1 is 1.46 bits per heavy atom. The van der Waals surface area contributed by atoms with E-state index in [0.717, 1.165) is 29.5 Å². The molecule has 2 aliphatic heterocycles. The van der Waals surface area contributed by atoms with Crippen LogP contribution in [0.3, 0.4) is 0 Å². The highest BCUT2D eigenvalue weighted by Crippen LogP contribution is 2.45. The summed E-state index contributed by atoms with van der Waals surface area (Å²) >= 11 is 0. The Morgan fingerprint density at radius 3 is 2.88 bits per heavy atom. The normalized spacial score (nSPS) is 29.0. The first kappa shape index (κ1) is 17.2. The lowest BCUT2D eigenvalue weighted by atomic mass is 9.79. The standard InChI is InChI=1S/C17H20F3NO3/c1-3-5-10-6-4-7-11-12(10)8-23-16(2)9-21-14(13(11)16)24-15(22)17(18,19)20/h4,6-7,13-14,21H,3,5,8-9H2,1-2H3. The maximum Gasteiger partial charge on any atom is 0.490 e. The zero-order valence-corrected chi connectivity index (χ0v) is 13.6. The van der Waals surface area contributed by atoms with Crippen LogP contribution in [0.25, 0.3) is 0 Å². The van der Waals surface area contributed by atoms with Gasteiger partial charge in [-0.1, -0.05) is 31.5 Å². The van der Waals surface area contributed by atoms with Crippen molar-refractivity contribution in [2.75, 3.05) is 6.54 Å². The number of aryl methyl sites for hydroxylation is 1. The average Bonchev–Trinajstić information content (AvgIpc) is 2.84. The molecule has 4 nitrogen and oxygen atoms in total. The second kappa shape index (κ2) is 6.04. The molecular weight excluding hydrogens is 323 g/mol. The lowest BCUT2D eigenvalue weighted by Gasteiger charge is -2.39. The minimum Gasteiger partial charge on any atom is -0.439 e. The molecule has 1 fully saturated rings.